The molecule has 2 aliphatic heterocycles. The van der Waals surface area contributed by atoms with Gasteiger partial charge in [-0.1, -0.05) is 19.4 Å². The number of piperidine rings is 1. The summed E-state index contributed by atoms with van der Waals surface area (Å²) in [5.74, 6) is 1.16. The van der Waals surface area contributed by atoms with Crippen molar-refractivity contribution < 1.29 is 19.3 Å². The summed E-state index contributed by atoms with van der Waals surface area (Å²) < 4.78 is 5.68. The van der Waals surface area contributed by atoms with Gasteiger partial charge in [0.25, 0.3) is 0 Å². The molecule has 0 amide bonds. The minimum Gasteiger partial charge on any atom is -0.426 e. The van der Waals surface area contributed by atoms with Gasteiger partial charge in [0.1, 0.15) is 5.75 Å². The molecule has 0 aliphatic carbocycles. The number of hydrogen-bond acceptors (Lipinski definition) is 5. The highest BCUT2D eigenvalue weighted by atomic mass is 17.2. The maximum atomic E-state index is 12.5. The Morgan fingerprint density at radius 2 is 2.17 bits per heavy atom. The van der Waals surface area contributed by atoms with E-state index >= 15 is 0 Å². The summed E-state index contributed by atoms with van der Waals surface area (Å²) in [6.45, 7) is 5.81. The molecule has 1 saturated heterocycles. The zero-order valence-electron chi connectivity index (χ0n) is 13.8. The van der Waals surface area contributed by atoms with Gasteiger partial charge in [-0.15, -0.1) is 0 Å². The fourth-order valence-electron chi connectivity index (χ4n) is 3.18. The Kier molecular flexibility index (Phi) is 5.51. The first kappa shape index (κ1) is 16.3. The van der Waals surface area contributed by atoms with Gasteiger partial charge in [-0.2, -0.15) is 4.89 Å². The second-order valence-corrected chi connectivity index (χ2v) is 6.28. The van der Waals surface area contributed by atoms with Gasteiger partial charge >= 0.3 is 5.97 Å². The number of carbonyl (C=O) groups excluding carboxylic acids is 1. The second kappa shape index (κ2) is 7.79. The summed E-state index contributed by atoms with van der Waals surface area (Å²) in [6, 6.07) is 5.49. The van der Waals surface area contributed by atoms with E-state index in [2.05, 4.69) is 11.8 Å². The van der Waals surface area contributed by atoms with E-state index in [9.17, 15) is 4.79 Å². The Morgan fingerprint density at radius 1 is 1.35 bits per heavy atom. The lowest BCUT2D eigenvalue weighted by Crippen LogP contribution is -2.38. The van der Waals surface area contributed by atoms with Crippen LogP contribution in [-0.4, -0.2) is 37.1 Å². The van der Waals surface area contributed by atoms with Crippen molar-refractivity contribution in [2.75, 3.05) is 26.2 Å². The molecular weight excluding hydrogens is 294 g/mol. The van der Waals surface area contributed by atoms with Crippen molar-refractivity contribution in [2.45, 2.75) is 39.0 Å². The maximum Gasteiger partial charge on any atom is 0.314 e. The van der Waals surface area contributed by atoms with Crippen LogP contribution in [0.3, 0.4) is 0 Å². The van der Waals surface area contributed by atoms with Crippen LogP contribution in [0.15, 0.2) is 18.2 Å². The Morgan fingerprint density at radius 3 is 2.96 bits per heavy atom. The van der Waals surface area contributed by atoms with E-state index in [1.165, 1.54) is 12.8 Å². The topological polar surface area (TPSA) is 48.0 Å². The molecule has 2 heterocycles. The van der Waals surface area contributed by atoms with Crippen molar-refractivity contribution in [2.24, 2.45) is 5.92 Å². The first-order valence-corrected chi connectivity index (χ1v) is 8.63. The lowest BCUT2D eigenvalue weighted by atomic mass is 9.96. The standard InChI is InChI=1S/C18H25NO4/c1-2-3-10-19-11-7-14(8-12-19)18(20)22-16-5-4-6-17-15(16)9-13-21-23-17/h4-6,14H,2-3,7-13H2,1H3. The Labute approximate surface area is 137 Å². The summed E-state index contributed by atoms with van der Waals surface area (Å²) in [6.07, 6.45) is 4.92. The minimum atomic E-state index is -0.111. The summed E-state index contributed by atoms with van der Waals surface area (Å²) in [5.41, 5.74) is 0.924. The Hall–Kier alpha value is -1.59. The summed E-state index contributed by atoms with van der Waals surface area (Å²) in [5, 5.41) is 0. The van der Waals surface area contributed by atoms with Gasteiger partial charge in [0.2, 0.25) is 0 Å². The zero-order chi connectivity index (χ0) is 16.1. The van der Waals surface area contributed by atoms with Crippen LogP contribution in [0.25, 0.3) is 0 Å². The molecule has 0 radical (unpaired) electrons. The molecule has 3 rings (SSSR count). The fraction of sp³-hybridized carbons (Fsp3) is 0.611. The molecular formula is C18H25NO4. The van der Waals surface area contributed by atoms with Gasteiger partial charge < -0.3 is 14.5 Å². The number of ether oxygens (including phenoxy) is 1. The monoisotopic (exact) mass is 319 g/mol. The molecule has 0 saturated carbocycles. The highest BCUT2D eigenvalue weighted by Crippen LogP contribution is 2.32. The third-order valence-electron chi connectivity index (χ3n) is 4.63. The molecule has 0 aromatic heterocycles. The van der Waals surface area contributed by atoms with Crippen molar-refractivity contribution in [3.05, 3.63) is 23.8 Å². The normalized spacial score (nSPS) is 19.0. The van der Waals surface area contributed by atoms with E-state index in [-0.39, 0.29) is 11.9 Å². The number of unbranched alkanes of at least 4 members (excludes halogenated alkanes) is 1. The number of esters is 1. The smallest absolute Gasteiger partial charge is 0.314 e. The van der Waals surface area contributed by atoms with Crippen molar-refractivity contribution in [3.63, 3.8) is 0 Å². The van der Waals surface area contributed by atoms with E-state index in [0.717, 1.165) is 38.0 Å². The van der Waals surface area contributed by atoms with Crippen LogP contribution in [0.2, 0.25) is 0 Å². The minimum absolute atomic E-state index is 0.00416. The molecule has 1 aromatic carbocycles. The summed E-state index contributed by atoms with van der Waals surface area (Å²) in [7, 11) is 0. The number of hydrogen-bond donors (Lipinski definition) is 0. The number of fused-ring (bicyclic) bond motifs is 1. The van der Waals surface area contributed by atoms with Gasteiger partial charge in [0.15, 0.2) is 5.75 Å². The highest BCUT2D eigenvalue weighted by Gasteiger charge is 2.27. The molecule has 0 unspecified atom stereocenters. The van der Waals surface area contributed by atoms with E-state index in [0.29, 0.717) is 24.5 Å². The van der Waals surface area contributed by atoms with E-state index in [4.69, 9.17) is 14.5 Å². The third-order valence-corrected chi connectivity index (χ3v) is 4.63. The number of rotatable bonds is 5. The number of benzene rings is 1. The second-order valence-electron chi connectivity index (χ2n) is 6.28. The van der Waals surface area contributed by atoms with E-state index < -0.39 is 0 Å². The predicted molar refractivity (Wildman–Crippen MR) is 86.4 cm³/mol. The van der Waals surface area contributed by atoms with Crippen molar-refractivity contribution in [1.82, 2.24) is 4.90 Å². The van der Waals surface area contributed by atoms with Crippen LogP contribution in [0.1, 0.15) is 38.2 Å². The van der Waals surface area contributed by atoms with E-state index in [1.54, 1.807) is 0 Å². The van der Waals surface area contributed by atoms with Crippen LogP contribution < -0.4 is 9.62 Å². The molecule has 1 fully saturated rings. The van der Waals surface area contributed by atoms with Crippen molar-refractivity contribution in [3.8, 4) is 11.5 Å². The van der Waals surface area contributed by atoms with Crippen LogP contribution >= 0.6 is 0 Å². The van der Waals surface area contributed by atoms with Crippen molar-refractivity contribution >= 4 is 5.97 Å². The van der Waals surface area contributed by atoms with Crippen LogP contribution in [-0.2, 0) is 16.1 Å². The molecule has 0 spiro atoms. The highest BCUT2D eigenvalue weighted by molar-refractivity contribution is 5.76. The molecule has 0 bridgehead atoms. The van der Waals surface area contributed by atoms with Gasteiger partial charge in [-0.3, -0.25) is 4.79 Å². The Bertz CT molecular complexity index is 538. The number of nitrogens with zero attached hydrogens (tertiary/aromatic N) is 1. The molecule has 5 heteroatoms. The lowest BCUT2D eigenvalue weighted by Gasteiger charge is -2.30. The van der Waals surface area contributed by atoms with E-state index in [1.807, 2.05) is 18.2 Å². The van der Waals surface area contributed by atoms with Crippen LogP contribution in [0, 0.1) is 5.92 Å². The Balaban J connectivity index is 1.56. The average Bonchev–Trinajstić information content (AvgIpc) is 2.60. The number of likely N-dealkylation sites (tertiary alicyclic amines) is 1. The number of carbonyl (C=O) groups is 1. The van der Waals surface area contributed by atoms with Gasteiger partial charge in [0.05, 0.1) is 12.5 Å². The largest absolute Gasteiger partial charge is 0.426 e. The van der Waals surface area contributed by atoms with Crippen LogP contribution in [0.4, 0.5) is 0 Å². The maximum absolute atomic E-state index is 12.5. The van der Waals surface area contributed by atoms with Crippen LogP contribution in [0.5, 0.6) is 11.5 Å². The SMILES string of the molecule is CCCCN1CCC(C(=O)Oc2cccc3c2CCOO3)CC1. The van der Waals surface area contributed by atoms with Gasteiger partial charge in [-0.25, -0.2) is 0 Å². The third kappa shape index (κ3) is 4.03. The molecule has 0 atom stereocenters. The van der Waals surface area contributed by atoms with Gasteiger partial charge in [0, 0.05) is 12.0 Å². The summed E-state index contributed by atoms with van der Waals surface area (Å²) in [4.78, 5) is 25.0. The molecule has 5 nitrogen and oxygen atoms in total. The molecule has 23 heavy (non-hydrogen) atoms. The first-order valence-electron chi connectivity index (χ1n) is 8.63. The molecule has 0 N–H and O–H groups in total. The average molecular weight is 319 g/mol. The quantitative estimate of drug-likeness (QED) is 0.474. The lowest BCUT2D eigenvalue weighted by molar-refractivity contribution is -0.215. The zero-order valence-corrected chi connectivity index (χ0v) is 13.8. The molecule has 1 aromatic rings. The summed E-state index contributed by atoms with van der Waals surface area (Å²) >= 11 is 0. The first-order chi connectivity index (χ1) is 11.3. The van der Waals surface area contributed by atoms with Gasteiger partial charge in [-0.05, 0) is 51.0 Å². The molecule has 2 aliphatic rings. The fourth-order valence-corrected chi connectivity index (χ4v) is 3.18. The predicted octanol–water partition coefficient (Wildman–Crippen LogP) is 2.97. The van der Waals surface area contributed by atoms with Crippen molar-refractivity contribution in [1.29, 1.82) is 0 Å². The molecule has 126 valence electrons.